The molecule has 0 bridgehead atoms. The summed E-state index contributed by atoms with van der Waals surface area (Å²) in [5.41, 5.74) is 6.06. The molecule has 0 amide bonds. The Morgan fingerprint density at radius 2 is 2.53 bits per heavy atom. The van der Waals surface area contributed by atoms with Gasteiger partial charge < -0.3 is 11.1 Å². The van der Waals surface area contributed by atoms with Crippen LogP contribution in [0.1, 0.15) is 18.4 Å². The van der Waals surface area contributed by atoms with Crippen LogP contribution in [0, 0.1) is 11.3 Å². The Kier molecular flexibility index (Phi) is 3.34. The predicted octanol–water partition coefficient (Wildman–Crippen LogP) is 1.90. The Hall–Kier alpha value is -0.930. The number of hydrogen-bond donors (Lipinski definition) is 2. The van der Waals surface area contributed by atoms with Crippen LogP contribution in [0.5, 0.6) is 0 Å². The number of rotatable bonds is 3. The Balaban J connectivity index is 1.95. The number of thioether (sulfide) groups is 1. The summed E-state index contributed by atoms with van der Waals surface area (Å²) < 4.78 is 3.96. The van der Waals surface area contributed by atoms with Crippen LogP contribution in [0.3, 0.4) is 0 Å². The molecular weight excluding hydrogens is 228 g/mol. The molecule has 1 aliphatic heterocycles. The Morgan fingerprint density at radius 1 is 1.67 bits per heavy atom. The standard InChI is InChI=1S/C9H12N4S2/c10-4-7-8(11)13-15-9(7)12-5-6-2-1-3-14-6/h6,12H,1-3,5H2,(H2,11,13). The molecule has 1 aliphatic rings. The van der Waals surface area contributed by atoms with Crippen molar-refractivity contribution in [3.8, 4) is 6.07 Å². The first-order valence-corrected chi connectivity index (χ1v) is 6.64. The molecule has 1 aromatic heterocycles. The van der Waals surface area contributed by atoms with Crippen LogP contribution in [0.4, 0.5) is 10.8 Å². The van der Waals surface area contributed by atoms with Crippen molar-refractivity contribution in [2.45, 2.75) is 18.1 Å². The molecule has 4 nitrogen and oxygen atoms in total. The van der Waals surface area contributed by atoms with Crippen LogP contribution in [0.25, 0.3) is 0 Å². The maximum Gasteiger partial charge on any atom is 0.157 e. The third kappa shape index (κ3) is 2.36. The number of hydrogen-bond acceptors (Lipinski definition) is 6. The first-order chi connectivity index (χ1) is 7.31. The maximum atomic E-state index is 8.87. The smallest absolute Gasteiger partial charge is 0.157 e. The van der Waals surface area contributed by atoms with Gasteiger partial charge in [-0.3, -0.25) is 0 Å². The summed E-state index contributed by atoms with van der Waals surface area (Å²) >= 11 is 3.26. The van der Waals surface area contributed by atoms with Crippen LogP contribution in [-0.2, 0) is 0 Å². The predicted molar refractivity (Wildman–Crippen MR) is 65.2 cm³/mol. The number of nitrogens with two attached hydrogens (primary N) is 1. The molecule has 0 aromatic carbocycles. The lowest BCUT2D eigenvalue weighted by molar-refractivity contribution is 0.806. The summed E-state index contributed by atoms with van der Waals surface area (Å²) in [5.74, 6) is 1.59. The van der Waals surface area contributed by atoms with Crippen molar-refractivity contribution in [2.75, 3.05) is 23.3 Å². The van der Waals surface area contributed by atoms with Gasteiger partial charge in [-0.05, 0) is 30.1 Å². The molecule has 0 saturated carbocycles. The zero-order valence-electron chi connectivity index (χ0n) is 8.19. The van der Waals surface area contributed by atoms with Gasteiger partial charge in [-0.1, -0.05) is 0 Å². The molecule has 0 spiro atoms. The molecular formula is C9H12N4S2. The first kappa shape index (κ1) is 10.6. The van der Waals surface area contributed by atoms with E-state index < -0.39 is 0 Å². The second-order valence-corrected chi connectivity index (χ2v) is 5.58. The molecule has 0 aliphatic carbocycles. The van der Waals surface area contributed by atoms with Gasteiger partial charge in [0.25, 0.3) is 0 Å². The van der Waals surface area contributed by atoms with E-state index in [0.29, 0.717) is 16.6 Å². The average Bonchev–Trinajstić information content (AvgIpc) is 2.84. The minimum Gasteiger partial charge on any atom is -0.382 e. The topological polar surface area (TPSA) is 74.7 Å². The highest BCUT2D eigenvalue weighted by Gasteiger charge is 2.17. The van der Waals surface area contributed by atoms with E-state index in [-0.39, 0.29) is 0 Å². The summed E-state index contributed by atoms with van der Waals surface area (Å²) in [6.07, 6.45) is 2.56. The zero-order valence-corrected chi connectivity index (χ0v) is 9.83. The highest BCUT2D eigenvalue weighted by atomic mass is 32.2. The molecule has 15 heavy (non-hydrogen) atoms. The summed E-state index contributed by atoms with van der Waals surface area (Å²) in [6, 6.07) is 2.07. The highest BCUT2D eigenvalue weighted by molar-refractivity contribution is 8.00. The largest absolute Gasteiger partial charge is 0.382 e. The average molecular weight is 240 g/mol. The monoisotopic (exact) mass is 240 g/mol. The van der Waals surface area contributed by atoms with Crippen molar-refractivity contribution in [3.63, 3.8) is 0 Å². The molecule has 80 valence electrons. The lowest BCUT2D eigenvalue weighted by Crippen LogP contribution is -2.13. The molecule has 1 saturated heterocycles. The molecule has 1 atom stereocenters. The van der Waals surface area contributed by atoms with Gasteiger partial charge in [-0.15, -0.1) is 0 Å². The molecule has 3 N–H and O–H groups in total. The van der Waals surface area contributed by atoms with E-state index in [9.17, 15) is 0 Å². The number of nitriles is 1. The third-order valence-corrected chi connectivity index (χ3v) is 4.56. The number of nitrogens with one attached hydrogen (secondary N) is 1. The highest BCUT2D eigenvalue weighted by Crippen LogP contribution is 2.29. The number of anilines is 2. The molecule has 2 rings (SSSR count). The maximum absolute atomic E-state index is 8.87. The minimum absolute atomic E-state index is 0.337. The normalized spacial score (nSPS) is 20.1. The Bertz CT molecular complexity index is 376. The van der Waals surface area contributed by atoms with Gasteiger partial charge >= 0.3 is 0 Å². The summed E-state index contributed by atoms with van der Waals surface area (Å²) in [5, 5.41) is 13.6. The second-order valence-electron chi connectivity index (χ2n) is 3.40. The SMILES string of the molecule is N#Cc1c(N)nsc1NCC1CCCS1. The summed E-state index contributed by atoms with van der Waals surface area (Å²) in [4.78, 5) is 0. The van der Waals surface area contributed by atoms with E-state index in [4.69, 9.17) is 11.0 Å². The van der Waals surface area contributed by atoms with E-state index in [1.54, 1.807) is 0 Å². The minimum atomic E-state index is 0.337. The fourth-order valence-electron chi connectivity index (χ4n) is 1.54. The molecule has 1 unspecified atom stereocenters. The van der Waals surface area contributed by atoms with E-state index >= 15 is 0 Å². The van der Waals surface area contributed by atoms with Gasteiger partial charge in [0.15, 0.2) is 5.82 Å². The van der Waals surface area contributed by atoms with Crippen molar-refractivity contribution < 1.29 is 0 Å². The Morgan fingerprint density at radius 3 is 3.20 bits per heavy atom. The van der Waals surface area contributed by atoms with E-state index in [0.717, 1.165) is 11.5 Å². The molecule has 6 heteroatoms. The number of nitrogen functional groups attached to an aromatic ring is 1. The molecule has 1 aromatic rings. The van der Waals surface area contributed by atoms with Gasteiger partial charge in [-0.2, -0.15) is 21.4 Å². The number of nitrogens with zero attached hydrogens (tertiary/aromatic N) is 2. The number of aromatic nitrogens is 1. The van der Waals surface area contributed by atoms with E-state index in [1.807, 2.05) is 11.8 Å². The van der Waals surface area contributed by atoms with Crippen LogP contribution >= 0.6 is 23.3 Å². The lowest BCUT2D eigenvalue weighted by atomic mass is 10.2. The third-order valence-electron chi connectivity index (χ3n) is 2.34. The summed E-state index contributed by atoms with van der Waals surface area (Å²) in [7, 11) is 0. The molecule has 0 radical (unpaired) electrons. The summed E-state index contributed by atoms with van der Waals surface area (Å²) in [6.45, 7) is 0.904. The van der Waals surface area contributed by atoms with Gasteiger partial charge in [0, 0.05) is 11.8 Å². The van der Waals surface area contributed by atoms with Crippen molar-refractivity contribution >= 4 is 34.1 Å². The van der Waals surface area contributed by atoms with Crippen molar-refractivity contribution in [3.05, 3.63) is 5.56 Å². The van der Waals surface area contributed by atoms with E-state index in [1.165, 1.54) is 30.1 Å². The fraction of sp³-hybridized carbons (Fsp3) is 0.556. The fourth-order valence-corrected chi connectivity index (χ4v) is 3.41. The van der Waals surface area contributed by atoms with Gasteiger partial charge in [-0.25, -0.2) is 0 Å². The van der Waals surface area contributed by atoms with Crippen LogP contribution in [-0.4, -0.2) is 21.9 Å². The van der Waals surface area contributed by atoms with Crippen LogP contribution < -0.4 is 11.1 Å². The van der Waals surface area contributed by atoms with Gasteiger partial charge in [0.2, 0.25) is 0 Å². The lowest BCUT2D eigenvalue weighted by Gasteiger charge is -2.09. The van der Waals surface area contributed by atoms with E-state index in [2.05, 4.69) is 15.8 Å². The first-order valence-electron chi connectivity index (χ1n) is 4.82. The zero-order chi connectivity index (χ0) is 10.7. The molecule has 2 heterocycles. The second kappa shape index (κ2) is 4.73. The van der Waals surface area contributed by atoms with Gasteiger partial charge in [0.1, 0.15) is 16.6 Å². The Labute approximate surface area is 97.0 Å². The van der Waals surface area contributed by atoms with Crippen LogP contribution in [0.15, 0.2) is 0 Å². The molecule has 1 fully saturated rings. The van der Waals surface area contributed by atoms with Crippen molar-refractivity contribution in [1.29, 1.82) is 5.26 Å². The van der Waals surface area contributed by atoms with Crippen molar-refractivity contribution in [2.24, 2.45) is 0 Å². The quantitative estimate of drug-likeness (QED) is 0.844. The van der Waals surface area contributed by atoms with Crippen LogP contribution in [0.2, 0.25) is 0 Å². The van der Waals surface area contributed by atoms with Crippen molar-refractivity contribution in [1.82, 2.24) is 4.37 Å². The van der Waals surface area contributed by atoms with Gasteiger partial charge in [0.05, 0.1) is 0 Å².